The average molecular weight is 250 g/mol. The van der Waals surface area contributed by atoms with Crippen molar-refractivity contribution < 1.29 is 19.1 Å². The Hall–Kier alpha value is -1.68. The van der Waals surface area contributed by atoms with Crippen LogP contribution >= 0.6 is 0 Å². The molecule has 0 aliphatic rings. The minimum atomic E-state index is -0.806. The second kappa shape index (κ2) is 7.61. The van der Waals surface area contributed by atoms with Crippen LogP contribution in [-0.2, 0) is 20.7 Å². The molecule has 1 rings (SSSR count). The molecule has 0 aliphatic carbocycles. The van der Waals surface area contributed by atoms with Crippen LogP contribution in [0.25, 0.3) is 0 Å². The van der Waals surface area contributed by atoms with E-state index in [4.69, 9.17) is 4.74 Å². The van der Waals surface area contributed by atoms with Gasteiger partial charge >= 0.3 is 5.97 Å². The van der Waals surface area contributed by atoms with Crippen molar-refractivity contribution in [1.29, 1.82) is 0 Å². The molecular formula is C14H18O4. The van der Waals surface area contributed by atoms with Crippen LogP contribution in [0.4, 0.5) is 0 Å². The van der Waals surface area contributed by atoms with E-state index in [-0.39, 0.29) is 6.61 Å². The van der Waals surface area contributed by atoms with Gasteiger partial charge in [0, 0.05) is 12.2 Å². The van der Waals surface area contributed by atoms with Crippen molar-refractivity contribution >= 4 is 11.8 Å². The molecule has 0 aliphatic heterocycles. The number of ether oxygens (including phenoxy) is 2. The molecule has 0 unspecified atom stereocenters. The van der Waals surface area contributed by atoms with Gasteiger partial charge in [0.25, 0.3) is 5.78 Å². The first-order chi connectivity index (χ1) is 8.69. The highest BCUT2D eigenvalue weighted by atomic mass is 16.5. The van der Waals surface area contributed by atoms with Gasteiger partial charge in [0.05, 0.1) is 13.2 Å². The second-order valence-electron chi connectivity index (χ2n) is 3.69. The molecule has 0 bridgehead atoms. The van der Waals surface area contributed by atoms with E-state index in [0.717, 1.165) is 12.0 Å². The molecule has 98 valence electrons. The lowest BCUT2D eigenvalue weighted by atomic mass is 10.1. The van der Waals surface area contributed by atoms with Crippen molar-refractivity contribution in [3.63, 3.8) is 0 Å². The summed E-state index contributed by atoms with van der Waals surface area (Å²) in [6.45, 7) is 5.17. The van der Waals surface area contributed by atoms with Crippen molar-refractivity contribution in [3.8, 4) is 0 Å². The van der Waals surface area contributed by atoms with Crippen LogP contribution in [0.3, 0.4) is 0 Å². The largest absolute Gasteiger partial charge is 0.460 e. The summed E-state index contributed by atoms with van der Waals surface area (Å²) in [4.78, 5) is 22.9. The Morgan fingerprint density at radius 2 is 1.72 bits per heavy atom. The first-order valence-electron chi connectivity index (χ1n) is 6.07. The molecule has 0 radical (unpaired) electrons. The highest BCUT2D eigenvalue weighted by molar-refractivity contribution is 6.40. The van der Waals surface area contributed by atoms with Crippen molar-refractivity contribution in [2.75, 3.05) is 19.8 Å². The topological polar surface area (TPSA) is 52.6 Å². The molecule has 0 amide bonds. The van der Waals surface area contributed by atoms with Crippen molar-refractivity contribution in [2.45, 2.75) is 20.3 Å². The molecule has 0 saturated carbocycles. The van der Waals surface area contributed by atoms with Gasteiger partial charge in [0.1, 0.15) is 0 Å². The first kappa shape index (κ1) is 14.4. The zero-order valence-electron chi connectivity index (χ0n) is 10.8. The van der Waals surface area contributed by atoms with E-state index in [1.165, 1.54) is 0 Å². The van der Waals surface area contributed by atoms with E-state index in [9.17, 15) is 9.59 Å². The fourth-order valence-electron chi connectivity index (χ4n) is 1.47. The first-order valence-corrected chi connectivity index (χ1v) is 6.07. The lowest BCUT2D eigenvalue weighted by Gasteiger charge is -2.04. The normalized spacial score (nSPS) is 10.1. The zero-order valence-corrected chi connectivity index (χ0v) is 10.8. The number of Topliss-reactive ketones (excluding diaryl/α,β-unsaturated/α-hetero) is 1. The van der Waals surface area contributed by atoms with E-state index >= 15 is 0 Å². The molecule has 0 saturated heterocycles. The molecule has 4 nitrogen and oxygen atoms in total. The zero-order chi connectivity index (χ0) is 13.4. The van der Waals surface area contributed by atoms with Crippen LogP contribution in [0.2, 0.25) is 0 Å². The fraction of sp³-hybridized carbons (Fsp3) is 0.429. The highest BCUT2D eigenvalue weighted by Crippen LogP contribution is 2.07. The predicted molar refractivity (Wildman–Crippen MR) is 67.6 cm³/mol. The fourth-order valence-corrected chi connectivity index (χ4v) is 1.47. The van der Waals surface area contributed by atoms with Gasteiger partial charge in [0.2, 0.25) is 0 Å². The van der Waals surface area contributed by atoms with Gasteiger partial charge in [-0.1, -0.05) is 24.3 Å². The van der Waals surface area contributed by atoms with Crippen molar-refractivity contribution in [1.82, 2.24) is 0 Å². The molecule has 0 heterocycles. The Morgan fingerprint density at radius 3 is 2.28 bits per heavy atom. The lowest BCUT2D eigenvalue weighted by Crippen LogP contribution is -2.17. The Bertz CT molecular complexity index is 395. The summed E-state index contributed by atoms with van der Waals surface area (Å²) in [5, 5.41) is 0. The summed E-state index contributed by atoms with van der Waals surface area (Å²) >= 11 is 0. The quantitative estimate of drug-likeness (QED) is 0.321. The maximum Gasteiger partial charge on any atom is 0.379 e. The summed E-state index contributed by atoms with van der Waals surface area (Å²) in [7, 11) is 0. The van der Waals surface area contributed by atoms with Crippen molar-refractivity contribution in [2.24, 2.45) is 0 Å². The molecule has 0 aromatic heterocycles. The van der Waals surface area contributed by atoms with E-state index in [1.54, 1.807) is 19.1 Å². The molecule has 1 aromatic carbocycles. The number of benzene rings is 1. The molecule has 0 fully saturated rings. The van der Waals surface area contributed by atoms with Gasteiger partial charge in [-0.25, -0.2) is 4.79 Å². The molecule has 18 heavy (non-hydrogen) atoms. The third-order valence-corrected chi connectivity index (χ3v) is 2.42. The van der Waals surface area contributed by atoms with Crippen LogP contribution in [0.15, 0.2) is 24.3 Å². The molecular weight excluding hydrogens is 232 g/mol. The minimum absolute atomic E-state index is 0.205. The Balaban J connectivity index is 2.59. The molecule has 0 N–H and O–H groups in total. The number of ketones is 1. The van der Waals surface area contributed by atoms with E-state index in [0.29, 0.717) is 18.8 Å². The lowest BCUT2D eigenvalue weighted by molar-refractivity contribution is -0.137. The van der Waals surface area contributed by atoms with Gasteiger partial charge < -0.3 is 9.47 Å². The maximum atomic E-state index is 11.6. The molecule has 0 atom stereocenters. The van der Waals surface area contributed by atoms with E-state index < -0.39 is 11.8 Å². The summed E-state index contributed by atoms with van der Waals surface area (Å²) in [6.07, 6.45) is 0.793. The number of carbonyl (C=O) groups excluding carboxylic acids is 2. The Morgan fingerprint density at radius 1 is 1.06 bits per heavy atom. The number of carbonyl (C=O) groups is 2. The van der Waals surface area contributed by atoms with E-state index in [2.05, 4.69) is 4.74 Å². The maximum absolute atomic E-state index is 11.6. The third kappa shape index (κ3) is 4.30. The summed E-state index contributed by atoms with van der Waals surface area (Å²) in [6, 6.07) is 6.93. The van der Waals surface area contributed by atoms with Gasteiger partial charge in [-0.3, -0.25) is 4.79 Å². The molecule has 0 spiro atoms. The molecule has 4 heteroatoms. The second-order valence-corrected chi connectivity index (χ2v) is 3.69. The van der Waals surface area contributed by atoms with Gasteiger partial charge in [-0.05, 0) is 25.8 Å². The smallest absolute Gasteiger partial charge is 0.379 e. The number of hydrogen-bond acceptors (Lipinski definition) is 4. The van der Waals surface area contributed by atoms with Crippen LogP contribution in [0, 0.1) is 0 Å². The number of hydrogen-bond donors (Lipinski definition) is 0. The minimum Gasteiger partial charge on any atom is -0.460 e. The van der Waals surface area contributed by atoms with Crippen LogP contribution in [0.5, 0.6) is 0 Å². The SMILES string of the molecule is CCOCCc1ccc(C(=O)C(=O)OCC)cc1. The van der Waals surface area contributed by atoms with Gasteiger partial charge in [0.15, 0.2) is 0 Å². The van der Waals surface area contributed by atoms with Crippen LogP contribution < -0.4 is 0 Å². The Kier molecular flexibility index (Phi) is 6.08. The Labute approximate surface area is 107 Å². The summed E-state index contributed by atoms with van der Waals surface area (Å²) in [5.74, 6) is -1.41. The van der Waals surface area contributed by atoms with Gasteiger partial charge in [-0.2, -0.15) is 0 Å². The highest BCUT2D eigenvalue weighted by Gasteiger charge is 2.16. The van der Waals surface area contributed by atoms with Gasteiger partial charge in [-0.15, -0.1) is 0 Å². The predicted octanol–water partition coefficient (Wildman–Crippen LogP) is 2.01. The third-order valence-electron chi connectivity index (χ3n) is 2.42. The van der Waals surface area contributed by atoms with Crippen LogP contribution in [0.1, 0.15) is 29.8 Å². The summed E-state index contributed by atoms with van der Waals surface area (Å²) in [5.41, 5.74) is 1.43. The number of rotatable bonds is 7. The summed E-state index contributed by atoms with van der Waals surface area (Å²) < 4.78 is 9.90. The average Bonchev–Trinajstić information content (AvgIpc) is 2.39. The monoisotopic (exact) mass is 250 g/mol. The van der Waals surface area contributed by atoms with Crippen LogP contribution in [-0.4, -0.2) is 31.6 Å². The standard InChI is InChI=1S/C14H18O4/c1-3-17-10-9-11-5-7-12(8-6-11)13(15)14(16)18-4-2/h5-8H,3-4,9-10H2,1-2H3. The van der Waals surface area contributed by atoms with E-state index in [1.807, 2.05) is 19.1 Å². The number of esters is 1. The molecule has 1 aromatic rings. The van der Waals surface area contributed by atoms with Crippen molar-refractivity contribution in [3.05, 3.63) is 35.4 Å².